The van der Waals surface area contributed by atoms with Crippen LogP contribution < -0.4 is 4.74 Å². The summed E-state index contributed by atoms with van der Waals surface area (Å²) in [5.41, 5.74) is 5.70. The molecule has 1 fully saturated rings. The van der Waals surface area contributed by atoms with Crippen molar-refractivity contribution < 1.29 is 13.9 Å². The molecular weight excluding hydrogens is 515 g/mol. The van der Waals surface area contributed by atoms with Gasteiger partial charge in [0, 0.05) is 30.9 Å². The predicted molar refractivity (Wildman–Crippen MR) is 162 cm³/mol. The number of ether oxygens (including phenoxy) is 1. The number of nitrogens with zero attached hydrogens (tertiary/aromatic N) is 3. The van der Waals surface area contributed by atoms with Gasteiger partial charge in [-0.2, -0.15) is 9.49 Å². The fourth-order valence-corrected chi connectivity index (χ4v) is 5.37. The van der Waals surface area contributed by atoms with Crippen LogP contribution in [0.4, 0.5) is 4.39 Å². The molecule has 0 radical (unpaired) electrons. The Morgan fingerprint density at radius 3 is 2.56 bits per heavy atom. The highest BCUT2D eigenvalue weighted by Crippen LogP contribution is 2.35. The Labute approximate surface area is 240 Å². The van der Waals surface area contributed by atoms with Gasteiger partial charge in [0.25, 0.3) is 0 Å². The largest absolute Gasteiger partial charge is 0.478 e. The summed E-state index contributed by atoms with van der Waals surface area (Å²) in [4.78, 5) is 18.8. The van der Waals surface area contributed by atoms with Crippen molar-refractivity contribution in [3.05, 3.63) is 102 Å². The minimum absolute atomic E-state index is 0.131. The summed E-state index contributed by atoms with van der Waals surface area (Å²) in [6.45, 7) is 4.45. The van der Waals surface area contributed by atoms with Crippen LogP contribution in [0.3, 0.4) is 0 Å². The lowest BCUT2D eigenvalue weighted by molar-refractivity contribution is -0.126. The molecule has 0 saturated carbocycles. The molecule has 0 aliphatic carbocycles. The Hall–Kier alpha value is -4.26. The number of pyridine rings is 1. The Morgan fingerprint density at radius 1 is 1.00 bits per heavy atom. The highest BCUT2D eigenvalue weighted by atomic mass is 19.1. The van der Waals surface area contributed by atoms with Crippen molar-refractivity contribution >= 4 is 28.0 Å². The van der Waals surface area contributed by atoms with Crippen LogP contribution >= 0.6 is 0 Å². The average molecular weight is 553 g/mol. The number of amides is 1. The number of aromatic nitrogens is 3. The minimum atomic E-state index is -0.440. The third-order valence-electron chi connectivity index (χ3n) is 7.54. The first-order valence-electron chi connectivity index (χ1n) is 14.6. The zero-order chi connectivity index (χ0) is 28.4. The number of halogens is 1. The molecule has 0 bridgehead atoms. The predicted octanol–water partition coefficient (Wildman–Crippen LogP) is 7.58. The number of piperidine rings is 1. The van der Waals surface area contributed by atoms with E-state index < -0.39 is 5.95 Å². The first kappa shape index (κ1) is 28.3. The maximum atomic E-state index is 14.4. The van der Waals surface area contributed by atoms with Crippen LogP contribution in [0.2, 0.25) is 0 Å². The fourth-order valence-electron chi connectivity index (χ4n) is 5.37. The molecule has 2 aromatic heterocycles. The first-order chi connectivity index (χ1) is 20.1. The van der Waals surface area contributed by atoms with E-state index in [-0.39, 0.29) is 5.91 Å². The molecule has 1 amide bonds. The number of rotatable bonds is 11. The molecule has 41 heavy (non-hydrogen) atoms. The molecule has 0 spiro atoms. The van der Waals surface area contributed by atoms with E-state index in [9.17, 15) is 9.18 Å². The van der Waals surface area contributed by atoms with Gasteiger partial charge in [-0.3, -0.25) is 9.89 Å². The highest BCUT2D eigenvalue weighted by Gasteiger charge is 2.16. The molecule has 6 nitrogen and oxygen atoms in total. The lowest BCUT2D eigenvalue weighted by atomic mass is 9.88. The van der Waals surface area contributed by atoms with Crippen molar-refractivity contribution in [2.75, 3.05) is 19.7 Å². The molecule has 0 atom stereocenters. The Balaban J connectivity index is 1.25. The van der Waals surface area contributed by atoms with Crippen LogP contribution in [0, 0.1) is 5.95 Å². The summed E-state index contributed by atoms with van der Waals surface area (Å²) in [7, 11) is 0. The highest BCUT2D eigenvalue weighted by molar-refractivity contribution is 6.00. The summed E-state index contributed by atoms with van der Waals surface area (Å²) in [5, 5.41) is 6.94. The molecule has 2 aromatic carbocycles. The third kappa shape index (κ3) is 7.09. The summed E-state index contributed by atoms with van der Waals surface area (Å²) >= 11 is 0. The van der Waals surface area contributed by atoms with Gasteiger partial charge in [0.1, 0.15) is 0 Å². The smallest absolute Gasteiger partial charge is 0.246 e. The number of hydrogen-bond donors (Lipinski definition) is 1. The average Bonchev–Trinajstić information content (AvgIpc) is 3.40. The van der Waals surface area contributed by atoms with Gasteiger partial charge in [0.15, 0.2) is 0 Å². The molecule has 1 saturated heterocycles. The van der Waals surface area contributed by atoms with Crippen LogP contribution in [0.25, 0.3) is 22.0 Å². The molecule has 5 rings (SSSR count). The van der Waals surface area contributed by atoms with Gasteiger partial charge >= 0.3 is 0 Å². The quantitative estimate of drug-likeness (QED) is 0.118. The molecule has 3 heterocycles. The Kier molecular flexibility index (Phi) is 9.57. The molecule has 0 unspecified atom stereocenters. The van der Waals surface area contributed by atoms with E-state index in [1.807, 2.05) is 65.7 Å². The van der Waals surface area contributed by atoms with Crippen molar-refractivity contribution in [3.63, 3.8) is 0 Å². The summed E-state index contributed by atoms with van der Waals surface area (Å²) in [6.07, 6.45) is 12.4. The Bertz CT molecular complexity index is 1500. The zero-order valence-electron chi connectivity index (χ0n) is 23.6. The summed E-state index contributed by atoms with van der Waals surface area (Å²) in [5.74, 6) is 0.259. The summed E-state index contributed by atoms with van der Waals surface area (Å²) in [6, 6.07) is 19.8. The second-order valence-electron chi connectivity index (χ2n) is 10.4. The number of allylic oxidation sites excluding steroid dienone is 2. The third-order valence-corrected chi connectivity index (χ3v) is 7.54. The molecule has 4 aromatic rings. The minimum Gasteiger partial charge on any atom is -0.478 e. The van der Waals surface area contributed by atoms with Gasteiger partial charge in [0.2, 0.25) is 17.7 Å². The van der Waals surface area contributed by atoms with Crippen LogP contribution in [-0.2, 0) is 4.79 Å². The van der Waals surface area contributed by atoms with Crippen molar-refractivity contribution in [2.45, 2.75) is 51.9 Å². The van der Waals surface area contributed by atoms with Crippen LogP contribution in [0.15, 0.2) is 79.0 Å². The number of unbranched alkanes of at least 4 members (excludes halogenated alkanes) is 2. The van der Waals surface area contributed by atoms with E-state index in [0.717, 1.165) is 79.5 Å². The number of carbonyl (C=O) groups excluding carboxylic acids is 1. The topological polar surface area (TPSA) is 71.1 Å². The number of nitrogens with one attached hydrogen (secondary N) is 1. The lowest BCUT2D eigenvalue weighted by Crippen LogP contribution is -2.34. The van der Waals surface area contributed by atoms with E-state index in [0.29, 0.717) is 23.4 Å². The molecule has 7 heteroatoms. The van der Waals surface area contributed by atoms with E-state index in [2.05, 4.69) is 34.2 Å². The van der Waals surface area contributed by atoms with Gasteiger partial charge in [-0.1, -0.05) is 49.4 Å². The molecule has 1 aliphatic rings. The summed E-state index contributed by atoms with van der Waals surface area (Å²) < 4.78 is 20.3. The zero-order valence-corrected chi connectivity index (χ0v) is 23.6. The standard InChI is InChI=1S/C34H37FN4O2/c1-2-28(25-13-7-5-8-14-25)33(26-16-18-30-29(23-26)34(35)38-37-30)27-17-19-31(36-24-27)41-22-12-4-3-9-15-32(40)39-20-10-6-11-21-39/h5,7-9,13-19,23-24H,2-4,6,10-12,20-22H2,1H3,(H,37,38)/b15-9+,33-28-. The Morgan fingerprint density at radius 2 is 1.80 bits per heavy atom. The fraction of sp³-hybridized carbons (Fsp3) is 0.324. The number of fused-ring (bicyclic) bond motifs is 1. The molecule has 212 valence electrons. The van der Waals surface area contributed by atoms with Crippen LogP contribution in [0.5, 0.6) is 5.88 Å². The van der Waals surface area contributed by atoms with Gasteiger partial charge < -0.3 is 9.64 Å². The van der Waals surface area contributed by atoms with Gasteiger partial charge in [-0.05, 0) is 91.5 Å². The van der Waals surface area contributed by atoms with E-state index in [1.165, 1.54) is 6.42 Å². The number of H-pyrrole nitrogens is 1. The number of likely N-dealkylation sites (tertiary alicyclic amines) is 1. The van der Waals surface area contributed by atoms with E-state index in [1.54, 1.807) is 6.08 Å². The number of carbonyl (C=O) groups is 1. The normalized spacial score (nSPS) is 14.4. The van der Waals surface area contributed by atoms with E-state index >= 15 is 0 Å². The van der Waals surface area contributed by atoms with Crippen LogP contribution in [0.1, 0.15) is 68.6 Å². The van der Waals surface area contributed by atoms with Gasteiger partial charge in [-0.15, -0.1) is 0 Å². The van der Waals surface area contributed by atoms with Crippen molar-refractivity contribution in [1.82, 2.24) is 20.1 Å². The lowest BCUT2D eigenvalue weighted by Gasteiger charge is -2.25. The maximum absolute atomic E-state index is 14.4. The van der Waals surface area contributed by atoms with Crippen LogP contribution in [-0.4, -0.2) is 45.7 Å². The van der Waals surface area contributed by atoms with Crippen molar-refractivity contribution in [1.29, 1.82) is 0 Å². The first-order valence-corrected chi connectivity index (χ1v) is 14.6. The van der Waals surface area contributed by atoms with Gasteiger partial charge in [-0.25, -0.2) is 4.98 Å². The number of aromatic amines is 1. The SMILES string of the molecule is CC/C(=C(/c1ccc(OCCCC/C=C/C(=O)N2CCCCC2)nc1)c1ccc2n[nH]c(F)c2c1)c1ccccc1. The number of benzene rings is 2. The van der Waals surface area contributed by atoms with Crippen molar-refractivity contribution in [3.8, 4) is 5.88 Å². The molecule has 1 N–H and O–H groups in total. The monoisotopic (exact) mass is 552 g/mol. The maximum Gasteiger partial charge on any atom is 0.246 e. The van der Waals surface area contributed by atoms with Gasteiger partial charge in [0.05, 0.1) is 17.5 Å². The second kappa shape index (κ2) is 13.9. The second-order valence-corrected chi connectivity index (χ2v) is 10.4. The molecular formula is C34H37FN4O2. The van der Waals surface area contributed by atoms with Crippen molar-refractivity contribution in [2.24, 2.45) is 0 Å². The number of hydrogen-bond acceptors (Lipinski definition) is 4. The van der Waals surface area contributed by atoms with E-state index in [4.69, 9.17) is 4.74 Å². The molecule has 1 aliphatic heterocycles.